The number of ether oxygens (including phenoxy) is 1. The molecule has 2 rings (SSSR count). The lowest BCUT2D eigenvalue weighted by Gasteiger charge is -2.42. The van der Waals surface area contributed by atoms with Crippen LogP contribution in [0.15, 0.2) is 12.2 Å². The number of aliphatic carboxylic acids is 1. The van der Waals surface area contributed by atoms with Gasteiger partial charge in [-0.3, -0.25) is 4.79 Å². The van der Waals surface area contributed by atoms with Gasteiger partial charge in [0.25, 0.3) is 0 Å². The van der Waals surface area contributed by atoms with Crippen molar-refractivity contribution >= 4 is 18.0 Å². The number of nitrogens with zero attached hydrogens (tertiary/aromatic N) is 1. The normalized spacial score (nSPS) is 27.7. The first-order chi connectivity index (χ1) is 11.2. The minimum atomic E-state index is -0.992. The number of piperidine rings is 1. The van der Waals surface area contributed by atoms with Crippen molar-refractivity contribution in [2.45, 2.75) is 76.6 Å². The number of hydrogen-bond donors (Lipinski definition) is 2. The molecule has 0 spiro atoms. The molecule has 2 aliphatic heterocycles. The molecule has 1 saturated heterocycles. The van der Waals surface area contributed by atoms with Gasteiger partial charge in [-0.1, -0.05) is 12.2 Å². The van der Waals surface area contributed by atoms with Gasteiger partial charge >= 0.3 is 12.1 Å². The monoisotopic (exact) mass is 338 g/mol. The summed E-state index contributed by atoms with van der Waals surface area (Å²) in [5.74, 6) is -1.34. The van der Waals surface area contributed by atoms with Crippen LogP contribution >= 0.6 is 0 Å². The molecular weight excluding hydrogens is 312 g/mol. The molecule has 0 aromatic rings. The highest BCUT2D eigenvalue weighted by molar-refractivity contribution is 5.90. The molecule has 24 heavy (non-hydrogen) atoms. The van der Waals surface area contributed by atoms with Crippen LogP contribution in [0.5, 0.6) is 0 Å². The van der Waals surface area contributed by atoms with Gasteiger partial charge in [0, 0.05) is 6.04 Å². The number of rotatable bonds is 2. The zero-order chi connectivity index (χ0) is 17.9. The summed E-state index contributed by atoms with van der Waals surface area (Å²) >= 11 is 0. The molecule has 1 fully saturated rings. The van der Waals surface area contributed by atoms with Crippen LogP contribution in [0.3, 0.4) is 0 Å². The van der Waals surface area contributed by atoms with Gasteiger partial charge in [0.1, 0.15) is 17.7 Å². The zero-order valence-corrected chi connectivity index (χ0v) is 14.4. The van der Waals surface area contributed by atoms with Crippen LogP contribution in [-0.4, -0.2) is 51.7 Å². The Bertz CT molecular complexity index is 538. The molecule has 2 aliphatic rings. The molecule has 2 N–H and O–H groups in total. The van der Waals surface area contributed by atoms with Crippen molar-refractivity contribution < 1.29 is 24.2 Å². The van der Waals surface area contributed by atoms with E-state index in [4.69, 9.17) is 4.74 Å². The maximum Gasteiger partial charge on any atom is 0.408 e. The quantitative estimate of drug-likeness (QED) is 0.751. The molecule has 0 bridgehead atoms. The van der Waals surface area contributed by atoms with Gasteiger partial charge in [0.15, 0.2) is 0 Å². The number of hydrogen-bond acceptors (Lipinski definition) is 4. The highest BCUT2D eigenvalue weighted by Crippen LogP contribution is 2.28. The van der Waals surface area contributed by atoms with Crippen LogP contribution < -0.4 is 5.32 Å². The van der Waals surface area contributed by atoms with Crippen LogP contribution in [0.25, 0.3) is 0 Å². The summed E-state index contributed by atoms with van der Waals surface area (Å²) in [7, 11) is 0. The largest absolute Gasteiger partial charge is 0.480 e. The van der Waals surface area contributed by atoms with E-state index in [1.807, 2.05) is 12.2 Å². The van der Waals surface area contributed by atoms with Crippen molar-refractivity contribution in [1.29, 1.82) is 0 Å². The number of carboxylic acid groups (broad SMARTS) is 1. The SMILES string of the molecule is CC(C)(C)OC(=O)N[C@H]1CC=CC[C@H]2CCC[C@@H](C(=O)O)N2C1=O. The molecule has 0 radical (unpaired) electrons. The topological polar surface area (TPSA) is 95.9 Å². The standard InChI is InChI=1S/C17H26N2O5/c1-17(2,3)24-16(23)18-12-9-5-4-7-11-8-6-10-13(15(21)22)19(11)14(12)20/h4-5,11-13H,6-10H2,1-3H3,(H,18,23)(H,21,22)/t11-,12-,13-/m0/s1. The first-order valence-corrected chi connectivity index (χ1v) is 8.38. The summed E-state index contributed by atoms with van der Waals surface area (Å²) in [5, 5.41) is 12.0. The molecule has 3 atom stereocenters. The molecule has 0 saturated carbocycles. The van der Waals surface area contributed by atoms with Gasteiger partial charge in [0.05, 0.1) is 0 Å². The number of carboxylic acids is 1. The Morgan fingerprint density at radius 2 is 1.92 bits per heavy atom. The maximum atomic E-state index is 12.9. The third kappa shape index (κ3) is 4.49. The van der Waals surface area contributed by atoms with Gasteiger partial charge in [-0.15, -0.1) is 0 Å². The molecule has 134 valence electrons. The van der Waals surface area contributed by atoms with Gasteiger partial charge < -0.3 is 20.1 Å². The summed E-state index contributed by atoms with van der Waals surface area (Å²) in [6.07, 6.45) is 6.13. The van der Waals surface area contributed by atoms with Crippen molar-refractivity contribution in [3.8, 4) is 0 Å². The average molecular weight is 338 g/mol. The van der Waals surface area contributed by atoms with Gasteiger partial charge in [-0.05, 0) is 52.9 Å². The third-order valence-electron chi connectivity index (χ3n) is 4.22. The van der Waals surface area contributed by atoms with E-state index in [1.54, 1.807) is 20.8 Å². The molecule has 0 unspecified atom stereocenters. The first kappa shape index (κ1) is 18.3. The number of nitrogens with one attached hydrogen (secondary N) is 1. The summed E-state index contributed by atoms with van der Waals surface area (Å²) in [4.78, 5) is 37.9. The van der Waals surface area contributed by atoms with Crippen molar-refractivity contribution in [3.63, 3.8) is 0 Å². The number of fused-ring (bicyclic) bond motifs is 1. The second kappa shape index (κ2) is 7.23. The van der Waals surface area contributed by atoms with Crippen LogP contribution in [0.4, 0.5) is 4.79 Å². The second-order valence-corrected chi connectivity index (χ2v) is 7.33. The smallest absolute Gasteiger partial charge is 0.408 e. The van der Waals surface area contributed by atoms with Crippen LogP contribution in [0.1, 0.15) is 52.9 Å². The Labute approximate surface area is 142 Å². The van der Waals surface area contributed by atoms with Crippen LogP contribution in [0, 0.1) is 0 Å². The van der Waals surface area contributed by atoms with Crippen LogP contribution in [0.2, 0.25) is 0 Å². The average Bonchev–Trinajstić information content (AvgIpc) is 2.45. The van der Waals surface area contributed by atoms with Crippen LogP contribution in [-0.2, 0) is 14.3 Å². The molecule has 2 heterocycles. The molecule has 0 aromatic heterocycles. The minimum absolute atomic E-state index is 0.133. The van der Waals surface area contributed by atoms with Gasteiger partial charge in [0.2, 0.25) is 5.91 Å². The molecule has 7 nitrogen and oxygen atoms in total. The predicted octanol–water partition coefficient (Wildman–Crippen LogP) is 2.06. The lowest BCUT2D eigenvalue weighted by atomic mass is 9.90. The molecule has 0 aromatic carbocycles. The highest BCUT2D eigenvalue weighted by Gasteiger charge is 2.41. The van der Waals surface area contributed by atoms with Gasteiger partial charge in [-0.25, -0.2) is 9.59 Å². The third-order valence-corrected chi connectivity index (χ3v) is 4.22. The summed E-state index contributed by atoms with van der Waals surface area (Å²) in [6, 6.07) is -1.77. The number of carbonyl (C=O) groups excluding carboxylic acids is 2. The number of carbonyl (C=O) groups is 3. The fourth-order valence-electron chi connectivity index (χ4n) is 3.22. The highest BCUT2D eigenvalue weighted by atomic mass is 16.6. The van der Waals surface area contributed by atoms with E-state index in [0.717, 1.165) is 12.8 Å². The fraction of sp³-hybridized carbons (Fsp3) is 0.706. The maximum absolute atomic E-state index is 12.9. The van der Waals surface area contributed by atoms with E-state index in [1.165, 1.54) is 4.90 Å². The van der Waals surface area contributed by atoms with E-state index in [0.29, 0.717) is 19.3 Å². The molecular formula is C17H26N2O5. The Morgan fingerprint density at radius 1 is 1.25 bits per heavy atom. The van der Waals surface area contributed by atoms with Gasteiger partial charge in [-0.2, -0.15) is 0 Å². The van der Waals surface area contributed by atoms with Crippen molar-refractivity contribution in [1.82, 2.24) is 10.2 Å². The van der Waals surface area contributed by atoms with E-state index in [-0.39, 0.29) is 11.9 Å². The lowest BCUT2D eigenvalue weighted by Crippen LogP contribution is -2.59. The second-order valence-electron chi connectivity index (χ2n) is 7.33. The lowest BCUT2D eigenvalue weighted by molar-refractivity contribution is -0.156. The first-order valence-electron chi connectivity index (χ1n) is 8.38. The van der Waals surface area contributed by atoms with Crippen molar-refractivity contribution in [2.75, 3.05) is 0 Å². The van der Waals surface area contributed by atoms with E-state index >= 15 is 0 Å². The molecule has 0 aliphatic carbocycles. The molecule has 2 amide bonds. The fourth-order valence-corrected chi connectivity index (χ4v) is 3.22. The Morgan fingerprint density at radius 3 is 2.54 bits per heavy atom. The summed E-state index contributed by atoms with van der Waals surface area (Å²) in [5.41, 5.74) is -0.665. The summed E-state index contributed by atoms with van der Waals surface area (Å²) in [6.45, 7) is 5.23. The van der Waals surface area contributed by atoms with E-state index in [2.05, 4.69) is 5.32 Å². The zero-order valence-electron chi connectivity index (χ0n) is 14.4. The van der Waals surface area contributed by atoms with E-state index in [9.17, 15) is 19.5 Å². The molecule has 7 heteroatoms. The Kier molecular flexibility index (Phi) is 5.51. The predicted molar refractivity (Wildman–Crippen MR) is 87.4 cm³/mol. The Balaban J connectivity index is 2.18. The summed E-state index contributed by atoms with van der Waals surface area (Å²) < 4.78 is 5.21. The van der Waals surface area contributed by atoms with E-state index < -0.39 is 29.7 Å². The Hall–Kier alpha value is -2.05. The number of alkyl carbamates (subject to hydrolysis) is 1. The number of amides is 2. The minimum Gasteiger partial charge on any atom is -0.480 e. The van der Waals surface area contributed by atoms with Crippen molar-refractivity contribution in [2.24, 2.45) is 0 Å². The van der Waals surface area contributed by atoms with Crippen molar-refractivity contribution in [3.05, 3.63) is 12.2 Å².